The molecule has 5 heteroatoms. The first kappa shape index (κ1) is 14.1. The van der Waals surface area contributed by atoms with Crippen LogP contribution < -0.4 is 4.74 Å². The molecule has 0 unspecified atom stereocenters. The molecule has 0 amide bonds. The maximum atomic E-state index is 11.2. The lowest BCUT2D eigenvalue weighted by molar-refractivity contribution is -0.170. The van der Waals surface area contributed by atoms with Crippen molar-refractivity contribution in [3.8, 4) is 16.9 Å². The minimum absolute atomic E-state index is 0.235. The SMILES string of the molecule is CC(Oc1ccc2c(c1)Cc1ccccc1-2)(C(=O)O)C(=O)O. The van der Waals surface area contributed by atoms with Crippen LogP contribution in [0.15, 0.2) is 42.5 Å². The average Bonchev–Trinajstić information content (AvgIpc) is 2.84. The van der Waals surface area contributed by atoms with Crippen molar-refractivity contribution >= 4 is 11.9 Å². The fourth-order valence-corrected chi connectivity index (χ4v) is 2.60. The molecule has 2 aromatic carbocycles. The number of benzene rings is 2. The summed E-state index contributed by atoms with van der Waals surface area (Å²) in [6, 6.07) is 13.1. The van der Waals surface area contributed by atoms with E-state index in [1.807, 2.05) is 30.3 Å². The van der Waals surface area contributed by atoms with Gasteiger partial charge < -0.3 is 14.9 Å². The molecule has 0 aromatic heterocycles. The van der Waals surface area contributed by atoms with E-state index in [0.717, 1.165) is 30.0 Å². The maximum Gasteiger partial charge on any atom is 0.359 e. The molecule has 3 rings (SSSR count). The standard InChI is InChI=1S/C17H14O5/c1-17(15(18)19,16(20)21)22-12-6-7-14-11(9-12)8-10-4-2-3-5-13(10)14/h2-7,9H,8H2,1H3,(H,18,19)(H,20,21). The van der Waals surface area contributed by atoms with Crippen LogP contribution in [0, 0.1) is 0 Å². The van der Waals surface area contributed by atoms with Gasteiger partial charge in [-0.05, 0) is 47.7 Å². The second kappa shape index (κ2) is 4.87. The largest absolute Gasteiger partial charge is 0.478 e. The Morgan fingerprint density at radius 1 is 1.00 bits per heavy atom. The van der Waals surface area contributed by atoms with Gasteiger partial charge in [0.25, 0.3) is 5.60 Å². The minimum Gasteiger partial charge on any atom is -0.478 e. The molecule has 0 radical (unpaired) electrons. The Hall–Kier alpha value is -2.82. The van der Waals surface area contributed by atoms with Crippen molar-refractivity contribution in [3.05, 3.63) is 53.6 Å². The molecule has 2 N–H and O–H groups in total. The van der Waals surface area contributed by atoms with Gasteiger partial charge in [-0.2, -0.15) is 0 Å². The summed E-state index contributed by atoms with van der Waals surface area (Å²) in [5.41, 5.74) is 2.09. The average molecular weight is 298 g/mol. The van der Waals surface area contributed by atoms with Crippen LogP contribution in [0.1, 0.15) is 18.1 Å². The topological polar surface area (TPSA) is 83.8 Å². The number of fused-ring (bicyclic) bond motifs is 3. The Kier molecular flexibility index (Phi) is 3.13. The van der Waals surface area contributed by atoms with E-state index in [4.69, 9.17) is 14.9 Å². The highest BCUT2D eigenvalue weighted by Crippen LogP contribution is 2.38. The van der Waals surface area contributed by atoms with Gasteiger partial charge >= 0.3 is 11.9 Å². The highest BCUT2D eigenvalue weighted by Gasteiger charge is 2.44. The van der Waals surface area contributed by atoms with Gasteiger partial charge in [0.2, 0.25) is 0 Å². The Balaban J connectivity index is 1.95. The number of hydrogen-bond acceptors (Lipinski definition) is 3. The Morgan fingerprint density at radius 2 is 1.64 bits per heavy atom. The molecule has 1 aliphatic rings. The molecule has 22 heavy (non-hydrogen) atoms. The Morgan fingerprint density at radius 3 is 2.32 bits per heavy atom. The van der Waals surface area contributed by atoms with Gasteiger partial charge in [0, 0.05) is 0 Å². The summed E-state index contributed by atoms with van der Waals surface area (Å²) in [5.74, 6) is -2.84. The second-order valence-corrected chi connectivity index (χ2v) is 5.40. The third-order valence-electron chi connectivity index (χ3n) is 3.90. The summed E-state index contributed by atoms with van der Waals surface area (Å²) < 4.78 is 5.25. The summed E-state index contributed by atoms with van der Waals surface area (Å²) in [6.45, 7) is 1.03. The zero-order chi connectivity index (χ0) is 15.9. The summed E-state index contributed by atoms with van der Waals surface area (Å²) in [4.78, 5) is 22.3. The summed E-state index contributed by atoms with van der Waals surface area (Å²) in [6.07, 6.45) is 0.722. The molecule has 0 spiro atoms. The molecule has 0 bridgehead atoms. The molecular formula is C17H14O5. The van der Waals surface area contributed by atoms with Crippen LogP contribution in [0.4, 0.5) is 0 Å². The molecule has 0 saturated carbocycles. The molecule has 0 saturated heterocycles. The van der Waals surface area contributed by atoms with E-state index >= 15 is 0 Å². The molecular weight excluding hydrogens is 284 g/mol. The quantitative estimate of drug-likeness (QED) is 0.723. The number of aliphatic carboxylic acids is 2. The first-order valence-electron chi connectivity index (χ1n) is 6.79. The van der Waals surface area contributed by atoms with E-state index in [9.17, 15) is 9.59 Å². The highest BCUT2D eigenvalue weighted by atomic mass is 16.6. The smallest absolute Gasteiger partial charge is 0.359 e. The van der Waals surface area contributed by atoms with Crippen LogP contribution in [0.3, 0.4) is 0 Å². The van der Waals surface area contributed by atoms with Gasteiger partial charge in [0.05, 0.1) is 0 Å². The predicted octanol–water partition coefficient (Wildman–Crippen LogP) is 2.56. The normalized spacial score (nSPS) is 12.4. The maximum absolute atomic E-state index is 11.2. The van der Waals surface area contributed by atoms with Crippen LogP contribution in [0.2, 0.25) is 0 Å². The van der Waals surface area contributed by atoms with Crippen molar-refractivity contribution in [2.75, 3.05) is 0 Å². The predicted molar refractivity (Wildman–Crippen MR) is 79.0 cm³/mol. The van der Waals surface area contributed by atoms with Crippen LogP contribution in [-0.4, -0.2) is 27.8 Å². The van der Waals surface area contributed by atoms with Gasteiger partial charge in [-0.15, -0.1) is 0 Å². The van der Waals surface area contributed by atoms with Crippen LogP contribution >= 0.6 is 0 Å². The van der Waals surface area contributed by atoms with E-state index in [1.54, 1.807) is 12.1 Å². The molecule has 1 aliphatic carbocycles. The molecule has 5 nitrogen and oxygen atoms in total. The summed E-state index contributed by atoms with van der Waals surface area (Å²) in [5, 5.41) is 18.2. The number of carbonyl (C=O) groups is 2. The lowest BCUT2D eigenvalue weighted by Crippen LogP contribution is -2.49. The number of carboxylic acid groups (broad SMARTS) is 2. The third kappa shape index (κ3) is 2.11. The van der Waals surface area contributed by atoms with Crippen molar-refractivity contribution in [1.82, 2.24) is 0 Å². The number of hydrogen-bond donors (Lipinski definition) is 2. The molecule has 0 heterocycles. The minimum atomic E-state index is -2.31. The van der Waals surface area contributed by atoms with Crippen molar-refractivity contribution in [1.29, 1.82) is 0 Å². The zero-order valence-corrected chi connectivity index (χ0v) is 11.9. The molecule has 112 valence electrons. The van der Waals surface area contributed by atoms with E-state index < -0.39 is 17.5 Å². The van der Waals surface area contributed by atoms with Crippen molar-refractivity contribution in [2.24, 2.45) is 0 Å². The number of carboxylic acids is 2. The van der Waals surface area contributed by atoms with Gasteiger partial charge in [0.15, 0.2) is 0 Å². The van der Waals surface area contributed by atoms with E-state index in [2.05, 4.69) is 0 Å². The van der Waals surface area contributed by atoms with Gasteiger partial charge in [-0.3, -0.25) is 0 Å². The van der Waals surface area contributed by atoms with Gasteiger partial charge in [0.1, 0.15) is 5.75 Å². The van der Waals surface area contributed by atoms with E-state index in [-0.39, 0.29) is 5.75 Å². The van der Waals surface area contributed by atoms with Crippen LogP contribution in [0.25, 0.3) is 11.1 Å². The van der Waals surface area contributed by atoms with E-state index in [0.29, 0.717) is 0 Å². The summed E-state index contributed by atoms with van der Waals surface area (Å²) >= 11 is 0. The highest BCUT2D eigenvalue weighted by molar-refractivity contribution is 6.01. The monoisotopic (exact) mass is 298 g/mol. The fourth-order valence-electron chi connectivity index (χ4n) is 2.60. The van der Waals surface area contributed by atoms with Gasteiger partial charge in [-0.25, -0.2) is 9.59 Å². The van der Waals surface area contributed by atoms with Crippen molar-refractivity contribution < 1.29 is 24.5 Å². The van der Waals surface area contributed by atoms with Crippen molar-refractivity contribution in [3.63, 3.8) is 0 Å². The first-order chi connectivity index (χ1) is 10.4. The number of ether oxygens (including phenoxy) is 1. The molecule has 0 atom stereocenters. The second-order valence-electron chi connectivity index (χ2n) is 5.40. The Labute approximate surface area is 126 Å². The summed E-state index contributed by atoms with van der Waals surface area (Å²) in [7, 11) is 0. The van der Waals surface area contributed by atoms with E-state index in [1.165, 1.54) is 5.56 Å². The first-order valence-corrected chi connectivity index (χ1v) is 6.79. The molecule has 2 aromatic rings. The zero-order valence-electron chi connectivity index (χ0n) is 11.9. The van der Waals surface area contributed by atoms with Crippen LogP contribution in [0.5, 0.6) is 5.75 Å². The molecule has 0 fully saturated rings. The van der Waals surface area contributed by atoms with Crippen molar-refractivity contribution in [2.45, 2.75) is 18.9 Å². The molecule has 0 aliphatic heterocycles. The van der Waals surface area contributed by atoms with Crippen LogP contribution in [-0.2, 0) is 16.0 Å². The number of rotatable bonds is 4. The lowest BCUT2D eigenvalue weighted by atomic mass is 10.1. The lowest BCUT2D eigenvalue weighted by Gasteiger charge is -2.22. The van der Waals surface area contributed by atoms with Gasteiger partial charge in [-0.1, -0.05) is 30.3 Å². The third-order valence-corrected chi connectivity index (χ3v) is 3.90. The fraction of sp³-hybridized carbons (Fsp3) is 0.176. The Bertz CT molecular complexity index is 764.